The van der Waals surface area contributed by atoms with E-state index < -0.39 is 0 Å². The van der Waals surface area contributed by atoms with Gasteiger partial charge in [-0.1, -0.05) is 41.5 Å². The molecule has 100 valence electrons. The van der Waals surface area contributed by atoms with Crippen molar-refractivity contribution in [3.05, 3.63) is 0 Å². The van der Waals surface area contributed by atoms with Crippen molar-refractivity contribution in [3.63, 3.8) is 0 Å². The highest BCUT2D eigenvalue weighted by Crippen LogP contribution is 2.65. The fourth-order valence-electron chi connectivity index (χ4n) is 3.87. The molecular weight excluding hydrogens is 208 g/mol. The standard InChI is InChI=1S/C15H30N2/c1-11-7-16-8-12(2)10-17(9-11)13-14(3,4)15(13,5)6/h11-13,16H,7-10H2,1-6H3. The Kier molecular flexibility index (Phi) is 3.33. The highest BCUT2D eigenvalue weighted by Gasteiger charge is 2.66. The van der Waals surface area contributed by atoms with Gasteiger partial charge >= 0.3 is 0 Å². The topological polar surface area (TPSA) is 15.3 Å². The van der Waals surface area contributed by atoms with Crippen molar-refractivity contribution in [2.75, 3.05) is 26.2 Å². The van der Waals surface area contributed by atoms with Crippen molar-refractivity contribution in [2.24, 2.45) is 22.7 Å². The predicted molar refractivity (Wildman–Crippen MR) is 74.1 cm³/mol. The van der Waals surface area contributed by atoms with Crippen LogP contribution >= 0.6 is 0 Å². The molecule has 1 saturated heterocycles. The van der Waals surface area contributed by atoms with Crippen LogP contribution in [-0.2, 0) is 0 Å². The number of hydrogen-bond donors (Lipinski definition) is 1. The van der Waals surface area contributed by atoms with Gasteiger partial charge in [0.15, 0.2) is 0 Å². The van der Waals surface area contributed by atoms with E-state index in [4.69, 9.17) is 0 Å². The number of hydrogen-bond acceptors (Lipinski definition) is 2. The Balaban J connectivity index is 2.08. The molecule has 0 aromatic heterocycles. The molecule has 2 rings (SSSR count). The fraction of sp³-hybridized carbons (Fsp3) is 1.00. The molecule has 1 N–H and O–H groups in total. The van der Waals surface area contributed by atoms with E-state index in [2.05, 4.69) is 51.8 Å². The Hall–Kier alpha value is -0.0800. The molecule has 2 nitrogen and oxygen atoms in total. The molecule has 0 amide bonds. The second-order valence-electron chi connectivity index (χ2n) is 7.67. The zero-order chi connectivity index (χ0) is 12.8. The van der Waals surface area contributed by atoms with Gasteiger partial charge in [0.1, 0.15) is 0 Å². The Labute approximate surface area is 107 Å². The third-order valence-electron chi connectivity index (χ3n) is 5.39. The lowest BCUT2D eigenvalue weighted by Gasteiger charge is -2.33. The van der Waals surface area contributed by atoms with Crippen LogP contribution in [0.2, 0.25) is 0 Å². The van der Waals surface area contributed by atoms with E-state index in [-0.39, 0.29) is 0 Å². The molecular formula is C15H30N2. The molecule has 0 radical (unpaired) electrons. The van der Waals surface area contributed by atoms with Gasteiger partial charge in [0.25, 0.3) is 0 Å². The smallest absolute Gasteiger partial charge is 0.0209 e. The molecule has 2 aliphatic rings. The third kappa shape index (κ3) is 2.26. The lowest BCUT2D eigenvalue weighted by atomic mass is 10.0. The molecule has 0 aromatic carbocycles. The Morgan fingerprint density at radius 3 is 1.65 bits per heavy atom. The SMILES string of the molecule is CC1CNCC(C)CN(C2C(C)(C)C2(C)C)C1. The summed E-state index contributed by atoms with van der Waals surface area (Å²) in [6.07, 6.45) is 0. The Morgan fingerprint density at radius 1 is 0.882 bits per heavy atom. The van der Waals surface area contributed by atoms with E-state index in [0.29, 0.717) is 10.8 Å². The molecule has 1 aliphatic heterocycles. The van der Waals surface area contributed by atoms with Gasteiger partial charge < -0.3 is 5.32 Å². The number of nitrogens with one attached hydrogen (secondary N) is 1. The monoisotopic (exact) mass is 238 g/mol. The summed E-state index contributed by atoms with van der Waals surface area (Å²) in [5, 5.41) is 3.58. The van der Waals surface area contributed by atoms with Gasteiger partial charge in [-0.2, -0.15) is 0 Å². The minimum atomic E-state index is 0.485. The van der Waals surface area contributed by atoms with Gasteiger partial charge in [-0.15, -0.1) is 0 Å². The zero-order valence-corrected chi connectivity index (χ0v) is 12.5. The Bertz CT molecular complexity index is 257. The van der Waals surface area contributed by atoms with Gasteiger partial charge in [0, 0.05) is 19.1 Å². The van der Waals surface area contributed by atoms with Crippen LogP contribution in [0.3, 0.4) is 0 Å². The maximum atomic E-state index is 3.58. The lowest BCUT2D eigenvalue weighted by Crippen LogP contribution is -2.45. The summed E-state index contributed by atoms with van der Waals surface area (Å²) in [5.41, 5.74) is 0.970. The van der Waals surface area contributed by atoms with Crippen molar-refractivity contribution in [1.82, 2.24) is 10.2 Å². The van der Waals surface area contributed by atoms with E-state index in [0.717, 1.165) is 17.9 Å². The number of rotatable bonds is 1. The van der Waals surface area contributed by atoms with E-state index in [1.54, 1.807) is 0 Å². The zero-order valence-electron chi connectivity index (χ0n) is 12.5. The minimum Gasteiger partial charge on any atom is -0.316 e. The predicted octanol–water partition coefficient (Wildman–Crippen LogP) is 2.60. The summed E-state index contributed by atoms with van der Waals surface area (Å²) >= 11 is 0. The van der Waals surface area contributed by atoms with Crippen LogP contribution in [0, 0.1) is 22.7 Å². The van der Waals surface area contributed by atoms with Gasteiger partial charge in [0.2, 0.25) is 0 Å². The van der Waals surface area contributed by atoms with Crippen LogP contribution in [0.5, 0.6) is 0 Å². The molecule has 0 spiro atoms. The quantitative estimate of drug-likeness (QED) is 0.755. The first kappa shape index (κ1) is 13.4. The van der Waals surface area contributed by atoms with Crippen molar-refractivity contribution < 1.29 is 0 Å². The molecule has 1 heterocycles. The first-order chi connectivity index (χ1) is 7.76. The fourth-order valence-corrected chi connectivity index (χ4v) is 3.87. The second kappa shape index (κ2) is 4.24. The van der Waals surface area contributed by atoms with Crippen LogP contribution in [-0.4, -0.2) is 37.1 Å². The second-order valence-corrected chi connectivity index (χ2v) is 7.67. The minimum absolute atomic E-state index is 0.485. The van der Waals surface area contributed by atoms with Crippen LogP contribution in [0.15, 0.2) is 0 Å². The van der Waals surface area contributed by atoms with Crippen molar-refractivity contribution in [1.29, 1.82) is 0 Å². The summed E-state index contributed by atoms with van der Waals surface area (Å²) in [6.45, 7) is 19.4. The average Bonchev–Trinajstić information content (AvgIpc) is 2.53. The third-order valence-corrected chi connectivity index (χ3v) is 5.39. The van der Waals surface area contributed by atoms with E-state index in [1.807, 2.05) is 0 Å². The first-order valence-electron chi connectivity index (χ1n) is 7.21. The van der Waals surface area contributed by atoms with Crippen LogP contribution in [0.4, 0.5) is 0 Å². The van der Waals surface area contributed by atoms with Crippen molar-refractivity contribution in [3.8, 4) is 0 Å². The van der Waals surface area contributed by atoms with E-state index >= 15 is 0 Å². The summed E-state index contributed by atoms with van der Waals surface area (Å²) < 4.78 is 0. The van der Waals surface area contributed by atoms with Crippen molar-refractivity contribution in [2.45, 2.75) is 47.6 Å². The highest BCUT2D eigenvalue weighted by atomic mass is 15.2. The lowest BCUT2D eigenvalue weighted by molar-refractivity contribution is 0.154. The molecule has 1 saturated carbocycles. The molecule has 2 atom stereocenters. The van der Waals surface area contributed by atoms with Gasteiger partial charge in [-0.3, -0.25) is 4.90 Å². The highest BCUT2D eigenvalue weighted by molar-refractivity contribution is 5.18. The maximum Gasteiger partial charge on any atom is 0.0209 e. The molecule has 2 fully saturated rings. The van der Waals surface area contributed by atoms with Crippen LogP contribution < -0.4 is 5.32 Å². The molecule has 2 heteroatoms. The largest absolute Gasteiger partial charge is 0.316 e. The summed E-state index contributed by atoms with van der Waals surface area (Å²) in [6, 6.07) is 0.776. The normalized spacial score (nSPS) is 38.5. The summed E-state index contributed by atoms with van der Waals surface area (Å²) in [7, 11) is 0. The average molecular weight is 238 g/mol. The molecule has 2 unspecified atom stereocenters. The first-order valence-corrected chi connectivity index (χ1v) is 7.21. The Morgan fingerprint density at radius 2 is 1.29 bits per heavy atom. The molecule has 0 bridgehead atoms. The maximum absolute atomic E-state index is 3.58. The molecule has 1 aliphatic carbocycles. The van der Waals surface area contributed by atoms with Crippen LogP contribution in [0.25, 0.3) is 0 Å². The summed E-state index contributed by atoms with van der Waals surface area (Å²) in [5.74, 6) is 1.55. The van der Waals surface area contributed by atoms with Gasteiger partial charge in [-0.05, 0) is 35.8 Å². The summed E-state index contributed by atoms with van der Waals surface area (Å²) in [4.78, 5) is 2.77. The molecule has 17 heavy (non-hydrogen) atoms. The van der Waals surface area contributed by atoms with Gasteiger partial charge in [0.05, 0.1) is 0 Å². The van der Waals surface area contributed by atoms with Crippen LogP contribution in [0.1, 0.15) is 41.5 Å². The molecule has 0 aromatic rings. The van der Waals surface area contributed by atoms with E-state index in [1.165, 1.54) is 26.2 Å². The van der Waals surface area contributed by atoms with E-state index in [9.17, 15) is 0 Å². The van der Waals surface area contributed by atoms with Crippen molar-refractivity contribution >= 4 is 0 Å². The van der Waals surface area contributed by atoms with Gasteiger partial charge in [-0.25, -0.2) is 0 Å². The number of nitrogens with zero attached hydrogens (tertiary/aromatic N) is 1.